The van der Waals surface area contributed by atoms with E-state index in [0.717, 1.165) is 25.9 Å². The maximum atomic E-state index is 11.4. The van der Waals surface area contributed by atoms with Crippen LogP contribution in [0.25, 0.3) is 0 Å². The van der Waals surface area contributed by atoms with Gasteiger partial charge in [-0.2, -0.15) is 0 Å². The summed E-state index contributed by atoms with van der Waals surface area (Å²) in [6, 6.07) is 0. The summed E-state index contributed by atoms with van der Waals surface area (Å²) >= 11 is 0. The number of nitrogens with two attached hydrogens (primary N) is 1. The number of carboxylic acid groups (broad SMARTS) is 1. The van der Waals surface area contributed by atoms with E-state index in [4.69, 9.17) is 5.73 Å². The fourth-order valence-corrected chi connectivity index (χ4v) is 3.54. The summed E-state index contributed by atoms with van der Waals surface area (Å²) < 4.78 is 0. The van der Waals surface area contributed by atoms with Crippen molar-refractivity contribution < 1.29 is 9.90 Å². The molecule has 2 atom stereocenters. The lowest BCUT2D eigenvalue weighted by Crippen LogP contribution is -2.58. The zero-order chi connectivity index (χ0) is 11.8. The van der Waals surface area contributed by atoms with Crippen LogP contribution in [0.15, 0.2) is 0 Å². The lowest BCUT2D eigenvalue weighted by molar-refractivity contribution is -0.161. The minimum absolute atomic E-state index is 0.0942. The van der Waals surface area contributed by atoms with Crippen LogP contribution in [-0.4, -0.2) is 42.2 Å². The van der Waals surface area contributed by atoms with Crippen LogP contribution >= 0.6 is 0 Å². The lowest BCUT2D eigenvalue weighted by Gasteiger charge is -2.55. The molecule has 2 aliphatic rings. The van der Waals surface area contributed by atoms with Crippen molar-refractivity contribution in [1.29, 1.82) is 0 Å². The molecule has 16 heavy (non-hydrogen) atoms. The van der Waals surface area contributed by atoms with Crippen LogP contribution in [0.1, 0.15) is 26.2 Å². The third-order valence-electron chi connectivity index (χ3n) is 4.68. The maximum Gasteiger partial charge on any atom is 0.308 e. The van der Waals surface area contributed by atoms with Crippen LogP contribution in [0.4, 0.5) is 0 Å². The molecular weight excluding hydrogens is 204 g/mol. The summed E-state index contributed by atoms with van der Waals surface area (Å²) in [5.41, 5.74) is 5.65. The topological polar surface area (TPSA) is 66.6 Å². The molecule has 0 radical (unpaired) electrons. The highest BCUT2D eigenvalue weighted by atomic mass is 16.4. The molecule has 1 spiro atoms. The van der Waals surface area contributed by atoms with Crippen molar-refractivity contribution in [2.24, 2.45) is 23.0 Å². The number of nitrogens with zero attached hydrogens (tertiary/aromatic N) is 1. The Balaban J connectivity index is 2.12. The highest BCUT2D eigenvalue weighted by Crippen LogP contribution is 2.55. The summed E-state index contributed by atoms with van der Waals surface area (Å²) in [6.07, 6.45) is 3.40. The van der Waals surface area contributed by atoms with E-state index >= 15 is 0 Å². The summed E-state index contributed by atoms with van der Waals surface area (Å²) in [4.78, 5) is 13.6. The lowest BCUT2D eigenvalue weighted by atomic mass is 9.53. The smallest absolute Gasteiger partial charge is 0.308 e. The van der Waals surface area contributed by atoms with Crippen molar-refractivity contribution in [3.05, 3.63) is 0 Å². The van der Waals surface area contributed by atoms with E-state index in [0.29, 0.717) is 19.0 Å². The molecule has 0 bridgehead atoms. The van der Waals surface area contributed by atoms with Gasteiger partial charge >= 0.3 is 5.97 Å². The second-order valence-corrected chi connectivity index (χ2v) is 5.43. The number of hydrogen-bond donors (Lipinski definition) is 2. The second kappa shape index (κ2) is 4.34. The van der Waals surface area contributed by atoms with Crippen LogP contribution in [-0.2, 0) is 4.79 Å². The molecule has 1 aliphatic heterocycles. The Hall–Kier alpha value is -0.610. The van der Waals surface area contributed by atoms with Gasteiger partial charge < -0.3 is 15.7 Å². The summed E-state index contributed by atoms with van der Waals surface area (Å²) in [5, 5.41) is 9.38. The van der Waals surface area contributed by atoms with Crippen LogP contribution < -0.4 is 5.73 Å². The van der Waals surface area contributed by atoms with Crippen LogP contribution in [0.3, 0.4) is 0 Å². The average Bonchev–Trinajstić information content (AvgIpc) is 2.14. The van der Waals surface area contributed by atoms with Gasteiger partial charge in [-0.25, -0.2) is 0 Å². The predicted octanol–water partition coefficient (Wildman–Crippen LogP) is 0.768. The normalized spacial score (nSPS) is 33.6. The molecule has 0 aromatic carbocycles. The number of aliphatic carboxylic acids is 1. The fourth-order valence-electron chi connectivity index (χ4n) is 3.54. The van der Waals surface area contributed by atoms with Crippen molar-refractivity contribution in [3.63, 3.8) is 0 Å². The zero-order valence-electron chi connectivity index (χ0n) is 9.98. The second-order valence-electron chi connectivity index (χ2n) is 5.43. The van der Waals surface area contributed by atoms with Crippen molar-refractivity contribution in [2.45, 2.75) is 26.2 Å². The van der Waals surface area contributed by atoms with E-state index in [2.05, 4.69) is 11.8 Å². The first-order valence-electron chi connectivity index (χ1n) is 6.25. The van der Waals surface area contributed by atoms with Crippen LogP contribution in [0, 0.1) is 17.3 Å². The first-order chi connectivity index (χ1) is 7.60. The van der Waals surface area contributed by atoms with Gasteiger partial charge in [0.25, 0.3) is 0 Å². The Morgan fingerprint density at radius 3 is 2.62 bits per heavy atom. The molecule has 2 fully saturated rings. The molecule has 92 valence electrons. The van der Waals surface area contributed by atoms with Gasteiger partial charge in [0.1, 0.15) is 0 Å². The van der Waals surface area contributed by atoms with E-state index in [1.54, 1.807) is 0 Å². The van der Waals surface area contributed by atoms with Gasteiger partial charge in [0.2, 0.25) is 0 Å². The molecule has 4 nitrogen and oxygen atoms in total. The first-order valence-corrected chi connectivity index (χ1v) is 6.25. The van der Waals surface area contributed by atoms with Crippen molar-refractivity contribution >= 4 is 5.97 Å². The third-order valence-corrected chi connectivity index (χ3v) is 4.68. The van der Waals surface area contributed by atoms with Gasteiger partial charge in [0.15, 0.2) is 0 Å². The molecule has 0 amide bonds. The van der Waals surface area contributed by atoms with Crippen molar-refractivity contribution in [3.8, 4) is 0 Å². The molecule has 1 aliphatic carbocycles. The van der Waals surface area contributed by atoms with Crippen molar-refractivity contribution in [2.75, 3.05) is 26.2 Å². The SMILES string of the molecule is CC1CN(CCN)CC(C(=O)O)C12CCC2. The highest BCUT2D eigenvalue weighted by Gasteiger charge is 2.54. The summed E-state index contributed by atoms with van der Waals surface area (Å²) in [7, 11) is 0. The van der Waals surface area contributed by atoms with E-state index in [-0.39, 0.29) is 11.3 Å². The van der Waals surface area contributed by atoms with Gasteiger partial charge in [-0.1, -0.05) is 13.3 Å². The molecule has 1 heterocycles. The Labute approximate surface area is 96.8 Å². The molecular formula is C12H22N2O2. The molecule has 2 unspecified atom stereocenters. The highest BCUT2D eigenvalue weighted by molar-refractivity contribution is 5.72. The van der Waals surface area contributed by atoms with Gasteiger partial charge in [0.05, 0.1) is 5.92 Å². The minimum atomic E-state index is -0.617. The number of carboxylic acids is 1. The quantitative estimate of drug-likeness (QED) is 0.746. The molecule has 0 aromatic rings. The number of piperidine rings is 1. The monoisotopic (exact) mass is 226 g/mol. The van der Waals surface area contributed by atoms with Gasteiger partial charge in [-0.05, 0) is 24.2 Å². The Bertz CT molecular complexity index is 276. The first kappa shape index (κ1) is 11.9. The number of carbonyl (C=O) groups is 1. The molecule has 0 aromatic heterocycles. The largest absolute Gasteiger partial charge is 0.481 e. The van der Waals surface area contributed by atoms with E-state index in [1.165, 1.54) is 6.42 Å². The minimum Gasteiger partial charge on any atom is -0.481 e. The summed E-state index contributed by atoms with van der Waals surface area (Å²) in [6.45, 7) is 5.35. The average molecular weight is 226 g/mol. The predicted molar refractivity (Wildman–Crippen MR) is 62.1 cm³/mol. The Morgan fingerprint density at radius 2 is 2.19 bits per heavy atom. The molecule has 4 heteroatoms. The maximum absolute atomic E-state index is 11.4. The molecule has 1 saturated carbocycles. The zero-order valence-corrected chi connectivity index (χ0v) is 9.98. The Morgan fingerprint density at radius 1 is 1.50 bits per heavy atom. The van der Waals surface area contributed by atoms with Crippen LogP contribution in [0.5, 0.6) is 0 Å². The van der Waals surface area contributed by atoms with Gasteiger partial charge in [-0.3, -0.25) is 4.79 Å². The summed E-state index contributed by atoms with van der Waals surface area (Å²) in [5.74, 6) is -0.313. The van der Waals surface area contributed by atoms with E-state index in [9.17, 15) is 9.90 Å². The molecule has 3 N–H and O–H groups in total. The van der Waals surface area contributed by atoms with E-state index < -0.39 is 5.97 Å². The number of likely N-dealkylation sites (tertiary alicyclic amines) is 1. The van der Waals surface area contributed by atoms with Crippen molar-refractivity contribution in [1.82, 2.24) is 4.90 Å². The third kappa shape index (κ3) is 1.74. The molecule has 1 saturated heterocycles. The number of rotatable bonds is 3. The standard InChI is InChI=1S/C12H22N2O2/c1-9-7-14(6-5-13)8-10(11(15)16)12(9)3-2-4-12/h9-10H,2-8,13H2,1H3,(H,15,16). The molecule has 2 rings (SSSR count). The Kier molecular flexibility index (Phi) is 3.22. The van der Waals surface area contributed by atoms with Crippen LogP contribution in [0.2, 0.25) is 0 Å². The van der Waals surface area contributed by atoms with Gasteiger partial charge in [-0.15, -0.1) is 0 Å². The number of hydrogen-bond acceptors (Lipinski definition) is 3. The van der Waals surface area contributed by atoms with E-state index in [1.807, 2.05) is 0 Å². The fraction of sp³-hybridized carbons (Fsp3) is 0.917. The van der Waals surface area contributed by atoms with Gasteiger partial charge in [0, 0.05) is 26.2 Å².